The predicted molar refractivity (Wildman–Crippen MR) is 79.4 cm³/mol. The van der Waals surface area contributed by atoms with Gasteiger partial charge < -0.3 is 10.1 Å². The molecule has 0 aliphatic carbocycles. The Morgan fingerprint density at radius 3 is 2.33 bits per heavy atom. The van der Waals surface area contributed by atoms with Crippen LogP contribution in [-0.4, -0.2) is 6.54 Å². The summed E-state index contributed by atoms with van der Waals surface area (Å²) in [7, 11) is 0. The van der Waals surface area contributed by atoms with Gasteiger partial charge in [-0.25, -0.2) is 8.78 Å². The van der Waals surface area contributed by atoms with Crippen LogP contribution in [0.5, 0.6) is 11.5 Å². The van der Waals surface area contributed by atoms with E-state index < -0.39 is 5.82 Å². The van der Waals surface area contributed by atoms with Gasteiger partial charge in [0, 0.05) is 12.1 Å². The van der Waals surface area contributed by atoms with E-state index in [2.05, 4.69) is 19.2 Å². The van der Waals surface area contributed by atoms with Crippen LogP contribution in [0.3, 0.4) is 0 Å². The van der Waals surface area contributed by atoms with Gasteiger partial charge in [-0.15, -0.1) is 0 Å². The Kier molecular flexibility index (Phi) is 5.28. The number of halogens is 2. The summed E-state index contributed by atoms with van der Waals surface area (Å²) in [6.07, 6.45) is 0. The Hall–Kier alpha value is -1.94. The molecule has 0 heterocycles. The first-order valence-corrected chi connectivity index (χ1v) is 6.98. The molecule has 2 nitrogen and oxygen atoms in total. The predicted octanol–water partition coefficient (Wildman–Crippen LogP) is 4.50. The second-order valence-corrected chi connectivity index (χ2v) is 5.27. The normalized spacial score (nSPS) is 10.9. The topological polar surface area (TPSA) is 21.3 Å². The second-order valence-electron chi connectivity index (χ2n) is 5.27. The van der Waals surface area contributed by atoms with Crippen LogP contribution < -0.4 is 10.1 Å². The fourth-order valence-electron chi connectivity index (χ4n) is 1.94. The molecule has 0 fully saturated rings. The molecule has 0 aromatic heterocycles. The van der Waals surface area contributed by atoms with Crippen LogP contribution in [0.15, 0.2) is 42.5 Å². The molecule has 4 heteroatoms. The molecule has 0 aliphatic heterocycles. The van der Waals surface area contributed by atoms with Crippen LogP contribution in [0.4, 0.5) is 8.78 Å². The van der Waals surface area contributed by atoms with E-state index in [0.717, 1.165) is 6.54 Å². The largest absolute Gasteiger partial charge is 0.454 e. The fraction of sp³-hybridized carbons (Fsp3) is 0.294. The summed E-state index contributed by atoms with van der Waals surface area (Å²) in [4.78, 5) is 0. The van der Waals surface area contributed by atoms with Gasteiger partial charge in [-0.3, -0.25) is 0 Å². The van der Waals surface area contributed by atoms with Crippen molar-refractivity contribution in [3.8, 4) is 11.5 Å². The first-order chi connectivity index (χ1) is 10.1. The molecular weight excluding hydrogens is 272 g/mol. The lowest BCUT2D eigenvalue weighted by Crippen LogP contribution is -2.20. The summed E-state index contributed by atoms with van der Waals surface area (Å²) in [6, 6.07) is 10.7. The number of hydrogen-bond donors (Lipinski definition) is 1. The molecule has 0 radical (unpaired) electrons. The third kappa shape index (κ3) is 4.26. The average molecular weight is 291 g/mol. The van der Waals surface area contributed by atoms with Crippen molar-refractivity contribution in [1.82, 2.24) is 5.32 Å². The summed E-state index contributed by atoms with van der Waals surface area (Å²) in [5, 5.41) is 3.17. The Balaban J connectivity index is 2.19. The summed E-state index contributed by atoms with van der Waals surface area (Å²) in [6.45, 7) is 5.26. The van der Waals surface area contributed by atoms with Gasteiger partial charge in [-0.1, -0.05) is 32.0 Å². The second kappa shape index (κ2) is 7.18. The number of para-hydroxylation sites is 1. The van der Waals surface area contributed by atoms with E-state index in [1.165, 1.54) is 18.2 Å². The Labute approximate surface area is 123 Å². The fourth-order valence-corrected chi connectivity index (χ4v) is 1.94. The maximum absolute atomic E-state index is 14.0. The molecule has 0 aliphatic rings. The van der Waals surface area contributed by atoms with Crippen molar-refractivity contribution in [2.75, 3.05) is 6.54 Å². The maximum Gasteiger partial charge on any atom is 0.165 e. The average Bonchev–Trinajstić information content (AvgIpc) is 2.44. The molecule has 1 N–H and O–H groups in total. The lowest BCUT2D eigenvalue weighted by Gasteiger charge is -2.14. The molecule has 2 aromatic rings. The summed E-state index contributed by atoms with van der Waals surface area (Å²) in [5.74, 6) is 0.0558. The lowest BCUT2D eigenvalue weighted by atomic mass is 10.1. The molecule has 0 saturated heterocycles. The summed E-state index contributed by atoms with van der Waals surface area (Å²) in [5.41, 5.74) is 0.404. The van der Waals surface area contributed by atoms with Crippen LogP contribution in [0.2, 0.25) is 0 Å². The van der Waals surface area contributed by atoms with Gasteiger partial charge in [0.1, 0.15) is 11.6 Å². The van der Waals surface area contributed by atoms with Gasteiger partial charge in [0.25, 0.3) is 0 Å². The molecule has 0 bridgehead atoms. The van der Waals surface area contributed by atoms with Crippen LogP contribution >= 0.6 is 0 Å². The highest BCUT2D eigenvalue weighted by molar-refractivity contribution is 5.39. The standard InChI is InChI=1S/C17H19F2NO/c1-12(2)10-20-11-13-14(18)7-5-9-16(13)21-17-8-4-3-6-15(17)19/h3-9,12,20H,10-11H2,1-2H3. The van der Waals surface area contributed by atoms with E-state index in [0.29, 0.717) is 23.8 Å². The summed E-state index contributed by atoms with van der Waals surface area (Å²) < 4.78 is 33.1. The van der Waals surface area contributed by atoms with E-state index >= 15 is 0 Å². The van der Waals surface area contributed by atoms with Gasteiger partial charge >= 0.3 is 0 Å². The number of nitrogens with one attached hydrogen (secondary N) is 1. The molecule has 0 saturated carbocycles. The first kappa shape index (κ1) is 15.4. The van der Waals surface area contributed by atoms with Crippen LogP contribution in [0.25, 0.3) is 0 Å². The lowest BCUT2D eigenvalue weighted by molar-refractivity contribution is 0.427. The molecule has 0 amide bonds. The zero-order valence-electron chi connectivity index (χ0n) is 12.2. The molecule has 2 rings (SSSR count). The summed E-state index contributed by atoms with van der Waals surface area (Å²) >= 11 is 0. The smallest absolute Gasteiger partial charge is 0.165 e. The zero-order chi connectivity index (χ0) is 15.2. The highest BCUT2D eigenvalue weighted by Gasteiger charge is 2.12. The Morgan fingerprint density at radius 2 is 1.62 bits per heavy atom. The Bertz CT molecular complexity index is 599. The van der Waals surface area contributed by atoms with Crippen LogP contribution in [-0.2, 0) is 6.54 Å². The van der Waals surface area contributed by atoms with Gasteiger partial charge in [-0.2, -0.15) is 0 Å². The SMILES string of the molecule is CC(C)CNCc1c(F)cccc1Oc1ccccc1F. The number of ether oxygens (including phenoxy) is 1. The molecule has 112 valence electrons. The molecule has 2 aromatic carbocycles. The van der Waals surface area contributed by atoms with E-state index in [9.17, 15) is 8.78 Å². The number of rotatable bonds is 6. The van der Waals surface area contributed by atoms with E-state index in [1.54, 1.807) is 24.3 Å². The van der Waals surface area contributed by atoms with Crippen molar-refractivity contribution in [3.05, 3.63) is 59.7 Å². The molecule has 21 heavy (non-hydrogen) atoms. The van der Waals surface area contributed by atoms with E-state index in [1.807, 2.05) is 0 Å². The van der Waals surface area contributed by atoms with Gasteiger partial charge in [-0.05, 0) is 36.7 Å². The monoisotopic (exact) mass is 291 g/mol. The third-order valence-electron chi connectivity index (χ3n) is 2.99. The highest BCUT2D eigenvalue weighted by Crippen LogP contribution is 2.28. The van der Waals surface area contributed by atoms with Gasteiger partial charge in [0.15, 0.2) is 11.6 Å². The highest BCUT2D eigenvalue weighted by atomic mass is 19.1. The number of benzene rings is 2. The van der Waals surface area contributed by atoms with Crippen molar-refractivity contribution < 1.29 is 13.5 Å². The van der Waals surface area contributed by atoms with Gasteiger partial charge in [0.2, 0.25) is 0 Å². The molecular formula is C17H19F2NO. The Morgan fingerprint density at radius 1 is 0.952 bits per heavy atom. The number of hydrogen-bond acceptors (Lipinski definition) is 2. The minimum Gasteiger partial charge on any atom is -0.454 e. The van der Waals surface area contributed by atoms with Crippen LogP contribution in [0, 0.1) is 17.6 Å². The molecule has 0 unspecified atom stereocenters. The zero-order valence-corrected chi connectivity index (χ0v) is 12.2. The van der Waals surface area contributed by atoms with Crippen molar-refractivity contribution in [2.24, 2.45) is 5.92 Å². The quantitative estimate of drug-likeness (QED) is 0.846. The first-order valence-electron chi connectivity index (χ1n) is 6.98. The maximum atomic E-state index is 14.0. The van der Waals surface area contributed by atoms with Crippen molar-refractivity contribution in [2.45, 2.75) is 20.4 Å². The van der Waals surface area contributed by atoms with Gasteiger partial charge in [0.05, 0.1) is 0 Å². The minimum absolute atomic E-state index is 0.0909. The van der Waals surface area contributed by atoms with Crippen molar-refractivity contribution >= 4 is 0 Å². The molecule has 0 spiro atoms. The van der Waals surface area contributed by atoms with E-state index in [4.69, 9.17) is 4.74 Å². The third-order valence-corrected chi connectivity index (χ3v) is 2.99. The molecule has 0 atom stereocenters. The van der Waals surface area contributed by atoms with Crippen molar-refractivity contribution in [3.63, 3.8) is 0 Å². The van der Waals surface area contributed by atoms with E-state index in [-0.39, 0.29) is 11.6 Å². The van der Waals surface area contributed by atoms with Crippen LogP contribution in [0.1, 0.15) is 19.4 Å². The minimum atomic E-state index is -0.470. The van der Waals surface area contributed by atoms with Crippen molar-refractivity contribution in [1.29, 1.82) is 0 Å².